The van der Waals surface area contributed by atoms with Crippen LogP contribution in [0.3, 0.4) is 0 Å². The van der Waals surface area contributed by atoms with Crippen molar-refractivity contribution in [2.75, 3.05) is 26.2 Å². The van der Waals surface area contributed by atoms with E-state index in [4.69, 9.17) is 4.74 Å². The number of nitrogens with one attached hydrogen (secondary N) is 2. The summed E-state index contributed by atoms with van der Waals surface area (Å²) in [6.07, 6.45) is 0.946. The lowest BCUT2D eigenvalue weighted by Crippen LogP contribution is -2.45. The van der Waals surface area contributed by atoms with E-state index in [2.05, 4.69) is 27.1 Å². The van der Waals surface area contributed by atoms with Crippen LogP contribution in [-0.2, 0) is 24.3 Å². The molecule has 2 heterocycles. The van der Waals surface area contributed by atoms with Gasteiger partial charge in [0.15, 0.2) is 5.96 Å². The lowest BCUT2D eigenvalue weighted by molar-refractivity contribution is -0.130. The quantitative estimate of drug-likeness (QED) is 0.554. The lowest BCUT2D eigenvalue weighted by atomic mass is 10.1. The summed E-state index contributed by atoms with van der Waals surface area (Å²) in [4.78, 5) is 20.5. The van der Waals surface area contributed by atoms with Gasteiger partial charge in [-0.25, -0.2) is 4.99 Å². The zero-order valence-electron chi connectivity index (χ0n) is 16.5. The molecule has 28 heavy (non-hydrogen) atoms. The van der Waals surface area contributed by atoms with Crippen molar-refractivity contribution in [3.05, 3.63) is 51.7 Å². The van der Waals surface area contributed by atoms with Crippen molar-refractivity contribution in [1.82, 2.24) is 15.5 Å². The van der Waals surface area contributed by atoms with Crippen LogP contribution in [0.15, 0.2) is 40.7 Å². The van der Waals surface area contributed by atoms with Gasteiger partial charge in [-0.1, -0.05) is 18.2 Å². The molecular formula is C21H28N4O2S. The third-order valence-electron chi connectivity index (χ3n) is 4.59. The topological polar surface area (TPSA) is 66.0 Å². The van der Waals surface area contributed by atoms with Gasteiger partial charge >= 0.3 is 0 Å². The molecule has 0 unspecified atom stereocenters. The van der Waals surface area contributed by atoms with E-state index in [0.717, 1.165) is 30.8 Å². The Morgan fingerprint density at radius 3 is 2.93 bits per heavy atom. The molecule has 2 aromatic rings. The second-order valence-corrected chi connectivity index (χ2v) is 7.52. The van der Waals surface area contributed by atoms with E-state index in [0.29, 0.717) is 25.7 Å². The summed E-state index contributed by atoms with van der Waals surface area (Å²) in [7, 11) is 0. The summed E-state index contributed by atoms with van der Waals surface area (Å²) in [5, 5.41) is 8.47. The Bertz CT molecular complexity index is 818. The Labute approximate surface area is 170 Å². The number of carbonyl (C=O) groups is 1. The van der Waals surface area contributed by atoms with Crippen molar-refractivity contribution in [3.63, 3.8) is 0 Å². The highest BCUT2D eigenvalue weighted by molar-refractivity contribution is 7.10. The minimum absolute atomic E-state index is 0.0946. The molecular weight excluding hydrogens is 372 g/mol. The SMILES string of the molecule is CCNC(=NCc1ccccc1OCC)NCC(=O)N1CCc2sccc2C1. The maximum atomic E-state index is 12.6. The molecule has 0 spiro atoms. The van der Waals surface area contributed by atoms with Crippen molar-refractivity contribution < 1.29 is 9.53 Å². The lowest BCUT2D eigenvalue weighted by Gasteiger charge is -2.27. The molecule has 0 fully saturated rings. The molecule has 0 saturated heterocycles. The molecule has 3 rings (SSSR count). The molecule has 0 bridgehead atoms. The molecule has 1 aliphatic heterocycles. The van der Waals surface area contributed by atoms with Crippen molar-refractivity contribution in [2.24, 2.45) is 4.99 Å². The number of carbonyl (C=O) groups excluding carboxylic acids is 1. The van der Waals surface area contributed by atoms with Crippen molar-refractivity contribution in [3.8, 4) is 5.75 Å². The summed E-state index contributed by atoms with van der Waals surface area (Å²) >= 11 is 1.78. The van der Waals surface area contributed by atoms with Crippen molar-refractivity contribution in [2.45, 2.75) is 33.4 Å². The number of benzene rings is 1. The Balaban J connectivity index is 1.57. The average Bonchev–Trinajstić information content (AvgIpc) is 3.19. The molecule has 0 atom stereocenters. The van der Waals surface area contributed by atoms with Crippen molar-refractivity contribution >= 4 is 23.2 Å². The number of hydrogen-bond donors (Lipinski definition) is 2. The molecule has 1 aliphatic rings. The number of rotatable bonds is 7. The molecule has 0 saturated carbocycles. The molecule has 7 heteroatoms. The molecule has 150 valence electrons. The first-order valence-corrected chi connectivity index (χ1v) is 10.6. The molecule has 6 nitrogen and oxygen atoms in total. The van der Waals surface area contributed by atoms with Crippen LogP contribution in [0.2, 0.25) is 0 Å². The van der Waals surface area contributed by atoms with Gasteiger partial charge < -0.3 is 20.3 Å². The van der Waals surface area contributed by atoms with Crippen LogP contribution in [0.1, 0.15) is 29.9 Å². The first-order valence-electron chi connectivity index (χ1n) is 9.77. The fourth-order valence-corrected chi connectivity index (χ4v) is 4.06. The molecule has 0 aliphatic carbocycles. The largest absolute Gasteiger partial charge is 0.494 e. The van der Waals surface area contributed by atoms with E-state index in [9.17, 15) is 4.79 Å². The molecule has 2 N–H and O–H groups in total. The summed E-state index contributed by atoms with van der Waals surface area (Å²) in [6.45, 7) is 7.54. The van der Waals surface area contributed by atoms with Crippen LogP contribution in [0.25, 0.3) is 0 Å². The third-order valence-corrected chi connectivity index (χ3v) is 5.61. The molecule has 0 radical (unpaired) electrons. The van der Waals surface area contributed by atoms with Gasteiger partial charge in [-0.15, -0.1) is 11.3 Å². The number of guanidine groups is 1. The second-order valence-electron chi connectivity index (χ2n) is 6.52. The standard InChI is InChI=1S/C21H28N4O2S/c1-3-22-21(23-13-16-7-5-6-8-18(16)27-4-2)24-14-20(26)25-11-9-19-17(15-25)10-12-28-19/h5-8,10,12H,3-4,9,11,13-15H2,1-2H3,(H2,22,23,24). The van der Waals surface area contributed by atoms with Gasteiger partial charge in [-0.05, 0) is 43.3 Å². The van der Waals surface area contributed by atoms with Crippen molar-refractivity contribution in [1.29, 1.82) is 0 Å². The number of nitrogens with zero attached hydrogens (tertiary/aromatic N) is 2. The minimum Gasteiger partial charge on any atom is -0.494 e. The first kappa shape index (κ1) is 20.2. The van der Waals surface area contributed by atoms with Gasteiger partial charge in [0.2, 0.25) is 5.91 Å². The monoisotopic (exact) mass is 400 g/mol. The van der Waals surface area contributed by atoms with E-state index in [1.165, 1.54) is 10.4 Å². The van der Waals surface area contributed by atoms with Gasteiger partial charge in [0.1, 0.15) is 5.75 Å². The summed E-state index contributed by atoms with van der Waals surface area (Å²) in [5.74, 6) is 1.58. The first-order chi connectivity index (χ1) is 13.7. The normalized spacial score (nSPS) is 13.8. The van der Waals surface area contributed by atoms with Crippen LogP contribution >= 0.6 is 11.3 Å². The van der Waals surface area contributed by atoms with Gasteiger partial charge in [0.05, 0.1) is 19.7 Å². The average molecular weight is 401 g/mol. The highest BCUT2D eigenvalue weighted by atomic mass is 32.1. The number of amides is 1. The van der Waals surface area contributed by atoms with Crippen LogP contribution in [0.5, 0.6) is 5.75 Å². The summed E-state index contributed by atoms with van der Waals surface area (Å²) in [5.41, 5.74) is 2.30. The second kappa shape index (κ2) is 10.1. The molecule has 1 amide bonds. The van der Waals surface area contributed by atoms with Crippen LogP contribution < -0.4 is 15.4 Å². The van der Waals surface area contributed by atoms with Gasteiger partial charge in [-0.2, -0.15) is 0 Å². The van der Waals surface area contributed by atoms with E-state index in [1.807, 2.05) is 43.0 Å². The smallest absolute Gasteiger partial charge is 0.242 e. The number of para-hydroxylation sites is 1. The number of thiophene rings is 1. The van der Waals surface area contributed by atoms with Crippen LogP contribution in [0, 0.1) is 0 Å². The Morgan fingerprint density at radius 2 is 2.11 bits per heavy atom. The summed E-state index contributed by atoms with van der Waals surface area (Å²) in [6, 6.07) is 10.0. The minimum atomic E-state index is 0.0946. The number of aliphatic imine (C=N–C) groups is 1. The Kier molecular flexibility index (Phi) is 7.31. The maximum Gasteiger partial charge on any atom is 0.242 e. The van der Waals surface area contributed by atoms with Gasteiger partial charge in [-0.3, -0.25) is 4.79 Å². The fourth-order valence-electron chi connectivity index (χ4n) is 3.17. The maximum absolute atomic E-state index is 12.6. The van der Waals surface area contributed by atoms with Gasteiger partial charge in [0.25, 0.3) is 0 Å². The van der Waals surface area contributed by atoms with E-state index < -0.39 is 0 Å². The highest BCUT2D eigenvalue weighted by Crippen LogP contribution is 2.23. The Hall–Kier alpha value is -2.54. The number of hydrogen-bond acceptors (Lipinski definition) is 4. The predicted octanol–water partition coefficient (Wildman–Crippen LogP) is 2.79. The zero-order chi connectivity index (χ0) is 19.8. The number of fused-ring (bicyclic) bond motifs is 1. The highest BCUT2D eigenvalue weighted by Gasteiger charge is 2.21. The summed E-state index contributed by atoms with van der Waals surface area (Å²) < 4.78 is 5.66. The van der Waals surface area contributed by atoms with Crippen LogP contribution in [-0.4, -0.2) is 43.0 Å². The number of ether oxygens (including phenoxy) is 1. The third kappa shape index (κ3) is 5.25. The fraction of sp³-hybridized carbons (Fsp3) is 0.429. The van der Waals surface area contributed by atoms with Crippen LogP contribution in [0.4, 0.5) is 0 Å². The Morgan fingerprint density at radius 1 is 1.25 bits per heavy atom. The predicted molar refractivity (Wildman–Crippen MR) is 114 cm³/mol. The van der Waals surface area contributed by atoms with E-state index in [-0.39, 0.29) is 12.5 Å². The van der Waals surface area contributed by atoms with E-state index >= 15 is 0 Å². The molecule has 1 aromatic heterocycles. The zero-order valence-corrected chi connectivity index (χ0v) is 17.3. The molecule has 1 aromatic carbocycles. The van der Waals surface area contributed by atoms with E-state index in [1.54, 1.807) is 11.3 Å². The van der Waals surface area contributed by atoms with Gasteiger partial charge in [0, 0.05) is 30.1 Å².